The van der Waals surface area contributed by atoms with Crippen LogP contribution in [0.3, 0.4) is 0 Å². The number of amides is 2. The first-order valence-electron chi connectivity index (χ1n) is 5.41. The van der Waals surface area contributed by atoms with Crippen molar-refractivity contribution in [3.05, 3.63) is 0 Å². The number of carbonyl (C=O) groups is 4. The minimum atomic E-state index is -1.62. The Morgan fingerprint density at radius 2 is 1.85 bits per heavy atom. The highest BCUT2D eigenvalue weighted by Gasteiger charge is 2.31. The van der Waals surface area contributed by atoms with E-state index in [4.69, 9.17) is 0 Å². The van der Waals surface area contributed by atoms with Crippen LogP contribution in [0, 0.1) is 5.92 Å². The Kier molecular flexibility index (Phi) is 5.26. The molecule has 0 aromatic heterocycles. The lowest BCUT2D eigenvalue weighted by molar-refractivity contribution is -0.309. The van der Waals surface area contributed by atoms with Crippen LogP contribution in [0.5, 0.6) is 0 Å². The van der Waals surface area contributed by atoms with Crippen molar-refractivity contribution in [3.63, 3.8) is 0 Å². The number of carboxylic acids is 2. The molecule has 0 aromatic rings. The number of hydrogen-bond acceptors (Lipinski definition) is 8. The average molecular weight is 299 g/mol. The first-order valence-corrected chi connectivity index (χ1v) is 5.81. The molecule has 0 spiro atoms. The molecule has 1 rings (SSSR count). The van der Waals surface area contributed by atoms with Crippen molar-refractivity contribution < 1.29 is 29.4 Å². The van der Waals surface area contributed by atoms with E-state index in [-0.39, 0.29) is 11.5 Å². The smallest absolute Gasteiger partial charge is 0.244 e. The molecule has 0 aromatic carbocycles. The number of aliphatic imine (C=N–C) groups is 1. The van der Waals surface area contributed by atoms with E-state index >= 15 is 0 Å². The summed E-state index contributed by atoms with van der Waals surface area (Å²) in [5.74, 6) is -5.90. The molecule has 108 valence electrons. The largest absolute Gasteiger partial charge is 0.550 e. The van der Waals surface area contributed by atoms with Gasteiger partial charge in [0, 0.05) is 12.2 Å². The first kappa shape index (κ1) is 15.7. The van der Waals surface area contributed by atoms with Crippen LogP contribution in [0.1, 0.15) is 12.8 Å². The maximum atomic E-state index is 11.4. The molecule has 2 N–H and O–H groups in total. The highest BCUT2D eigenvalue weighted by Crippen LogP contribution is 2.04. The molecule has 1 fully saturated rings. The molecule has 2 amide bonds. The van der Waals surface area contributed by atoms with Crippen molar-refractivity contribution in [2.24, 2.45) is 10.9 Å². The van der Waals surface area contributed by atoms with Gasteiger partial charge in [-0.15, -0.1) is 0 Å². The number of nitrogens with zero attached hydrogens (tertiary/aromatic N) is 1. The zero-order valence-electron chi connectivity index (χ0n) is 9.95. The number of aliphatic carboxylic acids is 2. The van der Waals surface area contributed by atoms with Crippen LogP contribution >= 0.6 is 12.2 Å². The van der Waals surface area contributed by atoms with Gasteiger partial charge in [0.15, 0.2) is 11.0 Å². The van der Waals surface area contributed by atoms with E-state index < -0.39 is 42.1 Å². The van der Waals surface area contributed by atoms with Crippen molar-refractivity contribution in [3.8, 4) is 0 Å². The van der Waals surface area contributed by atoms with E-state index in [1.165, 1.54) is 0 Å². The van der Waals surface area contributed by atoms with Gasteiger partial charge in [-0.2, -0.15) is 0 Å². The monoisotopic (exact) mass is 299 g/mol. The quantitative estimate of drug-likeness (QED) is 0.287. The molecule has 10 heteroatoms. The summed E-state index contributed by atoms with van der Waals surface area (Å²) in [6, 6.07) is -1.48. The minimum Gasteiger partial charge on any atom is -0.550 e. The number of thiocarbonyl (C=S) groups is 1. The zero-order valence-corrected chi connectivity index (χ0v) is 10.8. The predicted octanol–water partition coefficient (Wildman–Crippen LogP) is -4.15. The maximum Gasteiger partial charge on any atom is 0.244 e. The first-order chi connectivity index (χ1) is 9.31. The Morgan fingerprint density at radius 3 is 2.30 bits per heavy atom. The third-order valence-electron chi connectivity index (χ3n) is 2.35. The molecule has 20 heavy (non-hydrogen) atoms. The standard InChI is InChI=1S/C10H11N3O6S/c14-6(15)2-1-5(9(18)19)11-3-4-7(16)12-10(20)13-8(4)17/h3-5H,1-2H2,(H,14,15)(H,18,19)(H2,12,13,16,17,20)/p-2/t5-/m0/s1. The van der Waals surface area contributed by atoms with Crippen molar-refractivity contribution in [1.82, 2.24) is 10.6 Å². The van der Waals surface area contributed by atoms with Crippen LogP contribution in [0.2, 0.25) is 0 Å². The van der Waals surface area contributed by atoms with Gasteiger partial charge in [-0.3, -0.25) is 14.6 Å². The summed E-state index contributed by atoms with van der Waals surface area (Å²) in [5.41, 5.74) is 0. The fraction of sp³-hybridized carbons (Fsp3) is 0.400. The van der Waals surface area contributed by atoms with Crippen molar-refractivity contribution in [2.45, 2.75) is 18.9 Å². The highest BCUT2D eigenvalue weighted by atomic mass is 32.1. The summed E-state index contributed by atoms with van der Waals surface area (Å²) < 4.78 is 0. The number of nitrogens with one attached hydrogen (secondary N) is 2. The van der Waals surface area contributed by atoms with Gasteiger partial charge in [-0.05, 0) is 25.1 Å². The van der Waals surface area contributed by atoms with Gasteiger partial charge in [0.1, 0.15) is 0 Å². The van der Waals surface area contributed by atoms with Crippen LogP contribution in [0.4, 0.5) is 0 Å². The van der Waals surface area contributed by atoms with Gasteiger partial charge in [0.2, 0.25) is 11.8 Å². The van der Waals surface area contributed by atoms with E-state index in [1.807, 2.05) is 0 Å². The van der Waals surface area contributed by atoms with E-state index in [0.29, 0.717) is 0 Å². The van der Waals surface area contributed by atoms with Gasteiger partial charge in [-0.1, -0.05) is 0 Å². The van der Waals surface area contributed by atoms with Gasteiger partial charge >= 0.3 is 0 Å². The minimum absolute atomic E-state index is 0.155. The van der Waals surface area contributed by atoms with Crippen LogP contribution < -0.4 is 20.8 Å². The van der Waals surface area contributed by atoms with Crippen LogP contribution in [0.25, 0.3) is 0 Å². The third kappa shape index (κ3) is 4.39. The van der Waals surface area contributed by atoms with Crippen LogP contribution in [-0.2, 0) is 19.2 Å². The Balaban J connectivity index is 2.74. The van der Waals surface area contributed by atoms with Crippen molar-refractivity contribution in [2.75, 3.05) is 0 Å². The topological polar surface area (TPSA) is 151 Å². The number of rotatable bonds is 6. The molecule has 0 aliphatic carbocycles. The van der Waals surface area contributed by atoms with Crippen LogP contribution in [0.15, 0.2) is 4.99 Å². The molecule has 1 heterocycles. The van der Waals surface area contributed by atoms with E-state index in [1.54, 1.807) is 0 Å². The summed E-state index contributed by atoms with van der Waals surface area (Å²) in [6.07, 6.45) is -0.0825. The fourth-order valence-electron chi connectivity index (χ4n) is 1.36. The Morgan fingerprint density at radius 1 is 1.30 bits per heavy atom. The van der Waals surface area contributed by atoms with Gasteiger partial charge in [0.05, 0.1) is 12.0 Å². The maximum absolute atomic E-state index is 11.4. The lowest BCUT2D eigenvalue weighted by atomic mass is 10.1. The molecule has 9 nitrogen and oxygen atoms in total. The van der Waals surface area contributed by atoms with Crippen LogP contribution in [-0.4, -0.2) is 41.1 Å². The van der Waals surface area contributed by atoms with E-state index in [9.17, 15) is 29.4 Å². The molecule has 0 saturated carbocycles. The number of carboxylic acid groups (broad SMARTS) is 2. The highest BCUT2D eigenvalue weighted by molar-refractivity contribution is 7.80. The SMILES string of the molecule is O=C([O-])CC[C@H](N=CC1C(=O)NC(=S)NC1=O)C(=O)[O-]. The van der Waals surface area contributed by atoms with Gasteiger partial charge in [0.25, 0.3) is 0 Å². The van der Waals surface area contributed by atoms with E-state index in [2.05, 4.69) is 27.8 Å². The Hall–Kier alpha value is -2.36. The second kappa shape index (κ2) is 6.70. The summed E-state index contributed by atoms with van der Waals surface area (Å²) in [5, 5.41) is 25.2. The molecule has 0 radical (unpaired) electrons. The van der Waals surface area contributed by atoms with Gasteiger partial charge < -0.3 is 30.4 Å². The van der Waals surface area contributed by atoms with E-state index in [0.717, 1.165) is 6.21 Å². The zero-order chi connectivity index (χ0) is 15.3. The van der Waals surface area contributed by atoms with Crippen molar-refractivity contribution >= 4 is 47.3 Å². The molecule has 0 bridgehead atoms. The molecular weight excluding hydrogens is 290 g/mol. The second-order valence-electron chi connectivity index (χ2n) is 3.83. The molecule has 0 unspecified atom stereocenters. The summed E-state index contributed by atoms with van der Waals surface area (Å²) in [4.78, 5) is 47.4. The molecule has 1 saturated heterocycles. The molecule has 1 aliphatic heterocycles. The Bertz CT molecular complexity index is 483. The summed E-state index contributed by atoms with van der Waals surface area (Å²) >= 11 is 4.58. The summed E-state index contributed by atoms with van der Waals surface area (Å²) in [7, 11) is 0. The average Bonchev–Trinajstić information content (AvgIpc) is 2.30. The molecule has 1 aliphatic rings. The fourth-order valence-corrected chi connectivity index (χ4v) is 1.56. The number of hydrogen-bond donors (Lipinski definition) is 2. The number of carbonyl (C=O) groups excluding carboxylic acids is 4. The normalized spacial score (nSPS) is 17.7. The van der Waals surface area contributed by atoms with Crippen molar-refractivity contribution in [1.29, 1.82) is 0 Å². The lowest BCUT2D eigenvalue weighted by Crippen LogP contribution is -2.56. The molecule has 1 atom stereocenters. The Labute approximate surface area is 118 Å². The summed E-state index contributed by atoms with van der Waals surface area (Å²) in [6.45, 7) is 0. The van der Waals surface area contributed by atoms with Gasteiger partial charge in [-0.25, -0.2) is 0 Å². The second-order valence-corrected chi connectivity index (χ2v) is 4.24. The third-order valence-corrected chi connectivity index (χ3v) is 2.55. The lowest BCUT2D eigenvalue weighted by Gasteiger charge is -2.20. The molecular formula is C10H9N3O6S-2. The predicted molar refractivity (Wildman–Crippen MR) is 63.9 cm³/mol.